The molecule has 0 radical (unpaired) electrons. The molecule has 2 aromatic heterocycles. The summed E-state index contributed by atoms with van der Waals surface area (Å²) in [6.07, 6.45) is 5.60. The third kappa shape index (κ3) is 4.02. The number of aromatic amines is 2. The summed E-state index contributed by atoms with van der Waals surface area (Å²) in [6.45, 7) is 12.1. The first-order chi connectivity index (χ1) is 13.6. The maximum Gasteiger partial charge on any atom is 0.0797 e. The molecule has 0 amide bonds. The van der Waals surface area contributed by atoms with Crippen molar-refractivity contribution in [3.63, 3.8) is 0 Å². The Morgan fingerprint density at radius 1 is 1.07 bits per heavy atom. The zero-order valence-corrected chi connectivity index (χ0v) is 18.4. The molecule has 0 aliphatic carbocycles. The van der Waals surface area contributed by atoms with Crippen molar-refractivity contribution in [2.24, 2.45) is 0 Å². The monoisotopic (exact) mass is 402 g/mol. The van der Waals surface area contributed by atoms with Gasteiger partial charge in [0.25, 0.3) is 0 Å². The number of aryl methyl sites for hydroxylation is 1. The van der Waals surface area contributed by atoms with E-state index in [1.807, 2.05) is 0 Å². The van der Waals surface area contributed by atoms with Gasteiger partial charge in [-0.25, -0.2) is 0 Å². The molecule has 0 saturated carbocycles. The zero-order chi connectivity index (χ0) is 19.7. The van der Waals surface area contributed by atoms with Crippen LogP contribution in [0.3, 0.4) is 0 Å². The molecule has 0 bridgehead atoms. The molecule has 4 rings (SSSR count). The van der Waals surface area contributed by atoms with Gasteiger partial charge < -0.3 is 0 Å². The Morgan fingerprint density at radius 2 is 1.89 bits per heavy atom. The SMILES string of the molecule is CCCN1CCc2c(C(S)CCC(C)N3CCc4c(n[nH]c4C)C3)n[nH]c2C1. The highest BCUT2D eigenvalue weighted by molar-refractivity contribution is 7.80. The average Bonchev–Trinajstić information content (AvgIpc) is 3.29. The molecule has 2 unspecified atom stereocenters. The van der Waals surface area contributed by atoms with Crippen LogP contribution in [0.15, 0.2) is 0 Å². The van der Waals surface area contributed by atoms with Crippen molar-refractivity contribution in [1.82, 2.24) is 30.2 Å². The van der Waals surface area contributed by atoms with E-state index in [2.05, 4.69) is 51.0 Å². The van der Waals surface area contributed by atoms with Crippen LogP contribution in [0.5, 0.6) is 0 Å². The Hall–Kier alpha value is -1.31. The number of thiol groups is 1. The Kier molecular flexibility index (Phi) is 6.13. The van der Waals surface area contributed by atoms with Crippen LogP contribution in [-0.4, -0.2) is 55.9 Å². The molecule has 2 atom stereocenters. The topological polar surface area (TPSA) is 63.8 Å². The van der Waals surface area contributed by atoms with Gasteiger partial charge in [-0.05, 0) is 63.6 Å². The Bertz CT molecular complexity index is 797. The molecule has 4 heterocycles. The van der Waals surface area contributed by atoms with E-state index >= 15 is 0 Å². The summed E-state index contributed by atoms with van der Waals surface area (Å²) in [6, 6.07) is 0.537. The molecular weight excluding hydrogens is 368 g/mol. The Morgan fingerprint density at radius 3 is 2.71 bits per heavy atom. The van der Waals surface area contributed by atoms with Gasteiger partial charge in [-0.3, -0.25) is 20.0 Å². The lowest BCUT2D eigenvalue weighted by Crippen LogP contribution is -2.37. The van der Waals surface area contributed by atoms with Crippen molar-refractivity contribution >= 4 is 12.6 Å². The molecular formula is C21H34N6S. The van der Waals surface area contributed by atoms with Crippen LogP contribution >= 0.6 is 12.6 Å². The quantitative estimate of drug-likeness (QED) is 0.621. The van der Waals surface area contributed by atoms with Crippen LogP contribution in [0.4, 0.5) is 0 Å². The second-order valence-electron chi connectivity index (χ2n) is 8.53. The van der Waals surface area contributed by atoms with E-state index in [1.54, 1.807) is 0 Å². The maximum absolute atomic E-state index is 4.94. The van der Waals surface area contributed by atoms with Crippen molar-refractivity contribution in [3.8, 4) is 0 Å². The highest BCUT2D eigenvalue weighted by atomic mass is 32.1. The number of nitrogens with zero attached hydrogens (tertiary/aromatic N) is 4. The van der Waals surface area contributed by atoms with Gasteiger partial charge in [-0.2, -0.15) is 22.8 Å². The minimum Gasteiger partial charge on any atom is -0.297 e. The van der Waals surface area contributed by atoms with Gasteiger partial charge in [0.05, 0.1) is 17.1 Å². The van der Waals surface area contributed by atoms with Gasteiger partial charge in [-0.15, -0.1) is 0 Å². The first-order valence-electron chi connectivity index (χ1n) is 10.8. The number of aromatic nitrogens is 4. The lowest BCUT2D eigenvalue weighted by atomic mass is 9.98. The lowest BCUT2D eigenvalue weighted by molar-refractivity contribution is 0.177. The predicted molar refractivity (Wildman–Crippen MR) is 116 cm³/mol. The fraction of sp³-hybridized carbons (Fsp3) is 0.714. The lowest BCUT2D eigenvalue weighted by Gasteiger charge is -2.32. The number of rotatable bonds is 7. The zero-order valence-electron chi connectivity index (χ0n) is 17.5. The summed E-state index contributed by atoms with van der Waals surface area (Å²) in [5.74, 6) is 0. The number of H-pyrrole nitrogens is 2. The predicted octanol–water partition coefficient (Wildman–Crippen LogP) is 3.41. The third-order valence-corrected chi connectivity index (χ3v) is 7.05. The van der Waals surface area contributed by atoms with Crippen molar-refractivity contribution < 1.29 is 0 Å². The standard InChI is InChI=1S/C21H34N6S/c1-4-9-26-10-7-17-18(12-26)24-25-21(17)20(28)6-5-14(2)27-11-8-16-15(3)22-23-19(16)13-27/h14,20,28H,4-13H2,1-3H3,(H,22,23)(H,24,25). The maximum atomic E-state index is 4.94. The van der Waals surface area contributed by atoms with Crippen LogP contribution < -0.4 is 0 Å². The van der Waals surface area contributed by atoms with E-state index in [4.69, 9.17) is 12.6 Å². The van der Waals surface area contributed by atoms with Gasteiger partial charge >= 0.3 is 0 Å². The summed E-state index contributed by atoms with van der Waals surface area (Å²) >= 11 is 4.94. The fourth-order valence-corrected chi connectivity index (χ4v) is 5.13. The van der Waals surface area contributed by atoms with Gasteiger partial charge in [0.15, 0.2) is 0 Å². The van der Waals surface area contributed by atoms with Crippen LogP contribution in [0.25, 0.3) is 0 Å². The second kappa shape index (κ2) is 8.59. The van der Waals surface area contributed by atoms with Crippen LogP contribution in [0.2, 0.25) is 0 Å². The van der Waals surface area contributed by atoms with Crippen molar-refractivity contribution in [1.29, 1.82) is 0 Å². The molecule has 0 fully saturated rings. The number of hydrogen-bond acceptors (Lipinski definition) is 5. The summed E-state index contributed by atoms with van der Waals surface area (Å²) in [5.41, 5.74) is 7.81. The van der Waals surface area contributed by atoms with Gasteiger partial charge in [0.1, 0.15) is 0 Å². The van der Waals surface area contributed by atoms with Crippen molar-refractivity contribution in [2.45, 2.75) is 77.3 Å². The molecule has 154 valence electrons. The van der Waals surface area contributed by atoms with Gasteiger partial charge in [-0.1, -0.05) is 6.92 Å². The first kappa shape index (κ1) is 20.0. The second-order valence-corrected chi connectivity index (χ2v) is 9.15. The summed E-state index contributed by atoms with van der Waals surface area (Å²) in [4.78, 5) is 5.08. The molecule has 0 spiro atoms. The van der Waals surface area contributed by atoms with E-state index in [1.165, 1.54) is 46.9 Å². The average molecular weight is 403 g/mol. The summed E-state index contributed by atoms with van der Waals surface area (Å²) in [7, 11) is 0. The highest BCUT2D eigenvalue weighted by Crippen LogP contribution is 2.32. The Labute approximate surface area is 173 Å². The smallest absolute Gasteiger partial charge is 0.0797 e. The Balaban J connectivity index is 1.32. The molecule has 2 aromatic rings. The molecule has 6 nitrogen and oxygen atoms in total. The normalized spacial score (nSPS) is 20.0. The molecule has 0 saturated heterocycles. The highest BCUT2D eigenvalue weighted by Gasteiger charge is 2.27. The third-order valence-electron chi connectivity index (χ3n) is 6.54. The van der Waals surface area contributed by atoms with Crippen LogP contribution in [-0.2, 0) is 25.9 Å². The van der Waals surface area contributed by atoms with Gasteiger partial charge in [0.2, 0.25) is 0 Å². The molecule has 2 aliphatic rings. The van der Waals surface area contributed by atoms with E-state index in [0.717, 1.165) is 51.9 Å². The number of fused-ring (bicyclic) bond motifs is 2. The van der Waals surface area contributed by atoms with Gasteiger partial charge in [0, 0.05) is 43.2 Å². The minimum atomic E-state index is 0.216. The van der Waals surface area contributed by atoms with E-state index in [9.17, 15) is 0 Å². The molecule has 2 aliphatic heterocycles. The van der Waals surface area contributed by atoms with E-state index in [0.29, 0.717) is 6.04 Å². The number of hydrogen-bond donors (Lipinski definition) is 3. The summed E-state index contributed by atoms with van der Waals surface area (Å²) in [5, 5.41) is 15.8. The molecule has 2 N–H and O–H groups in total. The summed E-state index contributed by atoms with van der Waals surface area (Å²) < 4.78 is 0. The van der Waals surface area contributed by atoms with Crippen LogP contribution in [0.1, 0.15) is 72.3 Å². The fourth-order valence-electron chi connectivity index (χ4n) is 4.77. The minimum absolute atomic E-state index is 0.216. The largest absolute Gasteiger partial charge is 0.297 e. The van der Waals surface area contributed by atoms with Crippen molar-refractivity contribution in [3.05, 3.63) is 33.9 Å². The number of nitrogens with one attached hydrogen (secondary N) is 2. The van der Waals surface area contributed by atoms with Crippen molar-refractivity contribution in [2.75, 3.05) is 19.6 Å². The van der Waals surface area contributed by atoms with E-state index in [-0.39, 0.29) is 5.25 Å². The molecule has 28 heavy (non-hydrogen) atoms. The van der Waals surface area contributed by atoms with E-state index < -0.39 is 0 Å². The molecule has 0 aromatic carbocycles. The first-order valence-corrected chi connectivity index (χ1v) is 11.3. The molecule has 7 heteroatoms. The van der Waals surface area contributed by atoms with Crippen LogP contribution in [0, 0.1) is 6.92 Å².